The number of nitrogens with one attached hydrogen (secondary N) is 3. The van der Waals surface area contributed by atoms with Crippen LogP contribution in [0.25, 0.3) is 11.3 Å². The highest BCUT2D eigenvalue weighted by atomic mass is 19.1. The fourth-order valence-electron chi connectivity index (χ4n) is 5.16. The number of halogens is 1. The van der Waals surface area contributed by atoms with Crippen LogP contribution in [0.2, 0.25) is 0 Å². The summed E-state index contributed by atoms with van der Waals surface area (Å²) < 4.78 is 18.9. The molecule has 2 aromatic carbocycles. The van der Waals surface area contributed by atoms with Gasteiger partial charge in [0.15, 0.2) is 0 Å². The molecule has 1 unspecified atom stereocenters. The van der Waals surface area contributed by atoms with E-state index in [1.165, 1.54) is 12.1 Å². The van der Waals surface area contributed by atoms with E-state index in [9.17, 15) is 24.0 Å². The SMILES string of the molecule is CC(C)(C)OC(=O)NCCC(=O)N1CCCC1CNC(=O)c1ccc(-c2ccccc2C#N)nc1NCCc1cccc(F)c1. The number of rotatable bonds is 11. The van der Waals surface area contributed by atoms with Gasteiger partial charge >= 0.3 is 6.09 Å². The Morgan fingerprint density at radius 1 is 1.07 bits per heavy atom. The first-order valence-electron chi connectivity index (χ1n) is 15.1. The zero-order valence-corrected chi connectivity index (χ0v) is 25.9. The molecular formula is C34H39FN6O4. The van der Waals surface area contributed by atoms with Crippen LogP contribution in [0.15, 0.2) is 60.7 Å². The first-order valence-corrected chi connectivity index (χ1v) is 15.1. The molecule has 4 rings (SSSR count). The van der Waals surface area contributed by atoms with E-state index >= 15 is 0 Å². The molecule has 1 fully saturated rings. The van der Waals surface area contributed by atoms with Gasteiger partial charge in [-0.05, 0) is 75.9 Å². The minimum atomic E-state index is -0.625. The average molecular weight is 615 g/mol. The largest absolute Gasteiger partial charge is 0.444 e. The Kier molecular flexibility index (Phi) is 11.1. The lowest BCUT2D eigenvalue weighted by molar-refractivity contribution is -0.131. The molecule has 3 aromatic rings. The van der Waals surface area contributed by atoms with Crippen molar-refractivity contribution in [1.29, 1.82) is 5.26 Å². The Labute approximate surface area is 263 Å². The summed E-state index contributed by atoms with van der Waals surface area (Å²) in [6, 6.07) is 18.8. The Balaban J connectivity index is 1.42. The van der Waals surface area contributed by atoms with Gasteiger partial charge in [-0.15, -0.1) is 0 Å². The molecule has 3 amide bonds. The van der Waals surface area contributed by atoms with Crippen LogP contribution in [-0.2, 0) is 16.0 Å². The van der Waals surface area contributed by atoms with Crippen molar-refractivity contribution in [3.8, 4) is 17.3 Å². The van der Waals surface area contributed by atoms with E-state index in [-0.39, 0.29) is 43.2 Å². The molecule has 1 aliphatic heterocycles. The fraction of sp³-hybridized carbons (Fsp3) is 0.382. The second-order valence-corrected chi connectivity index (χ2v) is 11.8. The summed E-state index contributed by atoms with van der Waals surface area (Å²) in [6.45, 7) is 6.68. The third-order valence-corrected chi connectivity index (χ3v) is 7.26. The van der Waals surface area contributed by atoms with Crippen LogP contribution < -0.4 is 16.0 Å². The molecule has 0 aliphatic carbocycles. The van der Waals surface area contributed by atoms with Gasteiger partial charge in [0.05, 0.1) is 22.9 Å². The molecule has 0 bridgehead atoms. The molecule has 3 N–H and O–H groups in total. The van der Waals surface area contributed by atoms with Gasteiger partial charge in [-0.25, -0.2) is 14.2 Å². The van der Waals surface area contributed by atoms with Crippen LogP contribution >= 0.6 is 0 Å². The van der Waals surface area contributed by atoms with Gasteiger partial charge in [-0.2, -0.15) is 5.26 Å². The molecule has 11 heteroatoms. The number of hydrogen-bond donors (Lipinski definition) is 3. The third-order valence-electron chi connectivity index (χ3n) is 7.26. The standard InChI is InChI=1S/C34H39FN6O4/c1-34(2,3)45-33(44)38-18-16-30(42)41-19-7-11-26(41)22-39-32(43)28-13-14-29(27-12-5-4-9-24(27)21-36)40-31(28)37-17-15-23-8-6-10-25(35)20-23/h4-6,8-10,12-14,20,26H,7,11,15-19,22H2,1-3H3,(H,37,40)(H,38,44)(H,39,43). The predicted octanol–water partition coefficient (Wildman–Crippen LogP) is 5.05. The molecule has 0 spiro atoms. The van der Waals surface area contributed by atoms with E-state index in [2.05, 4.69) is 22.0 Å². The highest BCUT2D eigenvalue weighted by Gasteiger charge is 2.29. The average Bonchev–Trinajstić information content (AvgIpc) is 3.48. The van der Waals surface area contributed by atoms with Crippen molar-refractivity contribution < 1.29 is 23.5 Å². The molecule has 1 aromatic heterocycles. The van der Waals surface area contributed by atoms with E-state index in [1.807, 2.05) is 12.1 Å². The predicted molar refractivity (Wildman–Crippen MR) is 169 cm³/mol. The third kappa shape index (κ3) is 9.50. The second kappa shape index (κ2) is 15.1. The summed E-state index contributed by atoms with van der Waals surface area (Å²) in [7, 11) is 0. The van der Waals surface area contributed by atoms with Crippen molar-refractivity contribution in [1.82, 2.24) is 20.5 Å². The van der Waals surface area contributed by atoms with Gasteiger partial charge < -0.3 is 25.6 Å². The number of ether oxygens (including phenoxy) is 1. The van der Waals surface area contributed by atoms with Gasteiger partial charge in [0.2, 0.25) is 5.91 Å². The van der Waals surface area contributed by atoms with Crippen molar-refractivity contribution >= 4 is 23.7 Å². The normalized spacial score (nSPS) is 14.4. The van der Waals surface area contributed by atoms with Crippen molar-refractivity contribution in [3.63, 3.8) is 0 Å². The Bertz CT molecular complexity index is 1560. The molecular weight excluding hydrogens is 575 g/mol. The Morgan fingerprint density at radius 3 is 2.62 bits per heavy atom. The number of pyridine rings is 1. The Morgan fingerprint density at radius 2 is 1.87 bits per heavy atom. The topological polar surface area (TPSA) is 136 Å². The molecule has 1 saturated heterocycles. The monoisotopic (exact) mass is 614 g/mol. The van der Waals surface area contributed by atoms with Gasteiger partial charge in [0, 0.05) is 44.2 Å². The fourth-order valence-corrected chi connectivity index (χ4v) is 5.16. The van der Waals surface area contributed by atoms with Crippen LogP contribution in [0, 0.1) is 17.1 Å². The highest BCUT2D eigenvalue weighted by Crippen LogP contribution is 2.25. The number of benzene rings is 2. The molecule has 45 heavy (non-hydrogen) atoms. The van der Waals surface area contributed by atoms with Crippen LogP contribution in [0.3, 0.4) is 0 Å². The van der Waals surface area contributed by atoms with Crippen molar-refractivity contribution in [2.45, 2.75) is 58.1 Å². The number of carbonyl (C=O) groups is 3. The van der Waals surface area contributed by atoms with Crippen LogP contribution in [0.1, 0.15) is 61.5 Å². The van der Waals surface area contributed by atoms with Crippen LogP contribution in [0.5, 0.6) is 0 Å². The van der Waals surface area contributed by atoms with E-state index < -0.39 is 11.7 Å². The quantitative estimate of drug-likeness (QED) is 0.275. The maximum Gasteiger partial charge on any atom is 0.407 e. The summed E-state index contributed by atoms with van der Waals surface area (Å²) in [5.41, 5.74) is 2.11. The van der Waals surface area contributed by atoms with Gasteiger partial charge in [-0.3, -0.25) is 9.59 Å². The lowest BCUT2D eigenvalue weighted by Gasteiger charge is -2.25. The molecule has 10 nitrogen and oxygen atoms in total. The summed E-state index contributed by atoms with van der Waals surface area (Å²) in [5.74, 6) is -0.451. The number of alkyl carbamates (subject to hydrolysis) is 1. The van der Waals surface area contributed by atoms with Gasteiger partial charge in [0.1, 0.15) is 17.2 Å². The first kappa shape index (κ1) is 32.9. The van der Waals surface area contributed by atoms with Crippen LogP contribution in [0.4, 0.5) is 15.0 Å². The van der Waals surface area contributed by atoms with Gasteiger partial charge in [0.25, 0.3) is 5.91 Å². The maximum atomic E-state index is 13.7. The lowest BCUT2D eigenvalue weighted by Crippen LogP contribution is -2.44. The van der Waals surface area contributed by atoms with E-state index in [0.717, 1.165) is 18.4 Å². The number of likely N-dealkylation sites (tertiary alicyclic amines) is 1. The zero-order valence-electron chi connectivity index (χ0n) is 25.9. The minimum Gasteiger partial charge on any atom is -0.444 e. The number of aromatic nitrogens is 1. The molecule has 236 valence electrons. The minimum absolute atomic E-state index is 0.107. The molecule has 2 heterocycles. The number of hydrogen-bond acceptors (Lipinski definition) is 7. The number of anilines is 1. The molecule has 0 saturated carbocycles. The number of carbonyl (C=O) groups excluding carboxylic acids is 3. The van der Waals surface area contributed by atoms with E-state index in [1.54, 1.807) is 62.1 Å². The van der Waals surface area contributed by atoms with Gasteiger partial charge in [-0.1, -0.05) is 30.3 Å². The van der Waals surface area contributed by atoms with Crippen molar-refractivity contribution in [2.75, 3.05) is 31.5 Å². The maximum absolute atomic E-state index is 13.7. The summed E-state index contributed by atoms with van der Waals surface area (Å²) >= 11 is 0. The lowest BCUT2D eigenvalue weighted by atomic mass is 10.0. The number of nitriles is 1. The molecule has 1 atom stereocenters. The van der Waals surface area contributed by atoms with E-state index in [0.29, 0.717) is 47.7 Å². The summed E-state index contributed by atoms with van der Waals surface area (Å²) in [6.07, 6.45) is 1.61. The highest BCUT2D eigenvalue weighted by molar-refractivity contribution is 5.99. The second-order valence-electron chi connectivity index (χ2n) is 11.8. The summed E-state index contributed by atoms with van der Waals surface area (Å²) in [4.78, 5) is 44.7. The summed E-state index contributed by atoms with van der Waals surface area (Å²) in [5, 5.41) is 18.4. The Hall–Kier alpha value is -4.98. The first-order chi connectivity index (χ1) is 21.5. The van der Waals surface area contributed by atoms with Crippen molar-refractivity contribution in [3.05, 3.63) is 83.2 Å². The smallest absolute Gasteiger partial charge is 0.407 e. The number of amides is 3. The zero-order chi connectivity index (χ0) is 32.4. The molecule has 1 aliphatic rings. The van der Waals surface area contributed by atoms with E-state index in [4.69, 9.17) is 9.72 Å². The molecule has 0 radical (unpaired) electrons. The van der Waals surface area contributed by atoms with Crippen LogP contribution in [-0.4, -0.2) is 65.6 Å². The number of nitrogens with zero attached hydrogens (tertiary/aromatic N) is 3. The van der Waals surface area contributed by atoms with Crippen molar-refractivity contribution in [2.24, 2.45) is 0 Å².